The van der Waals surface area contributed by atoms with Crippen LogP contribution >= 0.6 is 35.1 Å². The van der Waals surface area contributed by atoms with E-state index in [2.05, 4.69) is 17.1 Å². The summed E-state index contributed by atoms with van der Waals surface area (Å²) in [7, 11) is 0. The largest absolute Gasteiger partial charge is 0.379 e. The van der Waals surface area contributed by atoms with Gasteiger partial charge in [-0.3, -0.25) is 4.99 Å². The molecule has 0 atom stereocenters. The number of nitrogens with zero attached hydrogens (tertiary/aromatic N) is 1. The van der Waals surface area contributed by atoms with Crippen LogP contribution in [0.4, 0.5) is 0 Å². The maximum atomic E-state index is 5.91. The number of thioether (sulfide) groups is 2. The molecule has 0 aliphatic carbocycles. The molecule has 21 heavy (non-hydrogen) atoms. The van der Waals surface area contributed by atoms with Crippen LogP contribution in [0.25, 0.3) is 0 Å². The van der Waals surface area contributed by atoms with E-state index < -0.39 is 0 Å². The highest BCUT2D eigenvalue weighted by molar-refractivity contribution is 8.14. The van der Waals surface area contributed by atoms with E-state index in [-0.39, 0.29) is 0 Å². The Morgan fingerprint density at radius 1 is 1.00 bits per heavy atom. The summed E-state index contributed by atoms with van der Waals surface area (Å²) in [5.74, 6) is 1.94. The number of amidine groups is 1. The van der Waals surface area contributed by atoms with Crippen molar-refractivity contribution in [3.8, 4) is 0 Å². The molecule has 2 rings (SSSR count). The third kappa shape index (κ3) is 6.46. The van der Waals surface area contributed by atoms with Crippen molar-refractivity contribution in [1.29, 1.82) is 0 Å². The van der Waals surface area contributed by atoms with E-state index >= 15 is 0 Å². The Labute approximate surface area is 139 Å². The highest BCUT2D eigenvalue weighted by Gasteiger charge is 1.98. The van der Waals surface area contributed by atoms with Crippen LogP contribution in [-0.4, -0.2) is 16.7 Å². The smallest absolute Gasteiger partial charge is 0.154 e. The Bertz CT molecular complexity index is 571. The molecule has 2 aromatic carbocycles. The lowest BCUT2D eigenvalue weighted by atomic mass is 10.2. The van der Waals surface area contributed by atoms with E-state index in [0.29, 0.717) is 11.7 Å². The molecule has 5 heteroatoms. The summed E-state index contributed by atoms with van der Waals surface area (Å²) in [6.07, 6.45) is 0. The molecular formula is C16H17ClN2S2. The number of hydrogen-bond acceptors (Lipinski definition) is 3. The van der Waals surface area contributed by atoms with Gasteiger partial charge in [-0.25, -0.2) is 0 Å². The fraction of sp³-hybridized carbons (Fsp3) is 0.188. The highest BCUT2D eigenvalue weighted by atomic mass is 35.5. The number of benzene rings is 2. The third-order valence-corrected chi connectivity index (χ3v) is 5.03. The summed E-state index contributed by atoms with van der Waals surface area (Å²) in [6.45, 7) is 0.643. The molecule has 2 nitrogen and oxygen atoms in total. The molecule has 2 aromatic rings. The van der Waals surface area contributed by atoms with Gasteiger partial charge >= 0.3 is 0 Å². The second-order valence-electron chi connectivity index (χ2n) is 4.29. The van der Waals surface area contributed by atoms with Crippen LogP contribution in [0.5, 0.6) is 0 Å². The van der Waals surface area contributed by atoms with Gasteiger partial charge in [-0.1, -0.05) is 53.7 Å². The first-order valence-electron chi connectivity index (χ1n) is 6.59. The average molecular weight is 337 g/mol. The molecule has 0 heterocycles. The normalized spacial score (nSPS) is 11.6. The van der Waals surface area contributed by atoms with Crippen LogP contribution < -0.4 is 5.73 Å². The summed E-state index contributed by atoms with van der Waals surface area (Å²) < 4.78 is 0. The zero-order chi connectivity index (χ0) is 14.9. The lowest BCUT2D eigenvalue weighted by Gasteiger charge is -2.03. The number of nitrogens with two attached hydrogens (primary N) is 1. The fourth-order valence-corrected chi connectivity index (χ4v) is 3.36. The molecule has 0 aliphatic heterocycles. The molecule has 0 saturated heterocycles. The lowest BCUT2D eigenvalue weighted by Crippen LogP contribution is -2.08. The van der Waals surface area contributed by atoms with Crippen LogP contribution in [0, 0.1) is 0 Å². The van der Waals surface area contributed by atoms with Gasteiger partial charge in [-0.2, -0.15) is 0 Å². The van der Waals surface area contributed by atoms with Crippen LogP contribution in [-0.2, 0) is 6.54 Å². The molecule has 0 aromatic heterocycles. The average Bonchev–Trinajstić information content (AvgIpc) is 2.52. The first-order chi connectivity index (χ1) is 10.2. The molecule has 0 unspecified atom stereocenters. The Balaban J connectivity index is 1.67. The van der Waals surface area contributed by atoms with Crippen molar-refractivity contribution in [3.05, 3.63) is 65.2 Å². The van der Waals surface area contributed by atoms with E-state index in [1.54, 1.807) is 23.5 Å². The third-order valence-electron chi connectivity index (χ3n) is 2.68. The van der Waals surface area contributed by atoms with Gasteiger partial charge in [0.05, 0.1) is 6.54 Å². The number of rotatable bonds is 6. The molecule has 0 radical (unpaired) electrons. The summed E-state index contributed by atoms with van der Waals surface area (Å²) in [5, 5.41) is 1.42. The van der Waals surface area contributed by atoms with Crippen molar-refractivity contribution < 1.29 is 0 Å². The van der Waals surface area contributed by atoms with Crippen LogP contribution in [0.15, 0.2) is 64.5 Å². The second-order valence-corrected chi connectivity index (χ2v) is 7.01. The summed E-state index contributed by atoms with van der Waals surface area (Å²) >= 11 is 9.25. The fourth-order valence-electron chi connectivity index (χ4n) is 1.63. The van der Waals surface area contributed by atoms with Gasteiger partial charge in [0.1, 0.15) is 0 Å². The molecule has 0 fully saturated rings. The summed E-state index contributed by atoms with van der Waals surface area (Å²) in [6, 6.07) is 18.0. The molecule has 2 N–H and O–H groups in total. The first-order valence-corrected chi connectivity index (χ1v) is 8.94. The molecule has 0 aliphatic rings. The standard InChI is InChI=1S/C16H17ClN2S2/c17-14-6-8-15(9-7-14)20-10-11-21-16(18)19-12-13-4-2-1-3-5-13/h1-9H,10-12H2,(H2,18,19). The van der Waals surface area contributed by atoms with Crippen molar-refractivity contribution in [3.63, 3.8) is 0 Å². The van der Waals surface area contributed by atoms with Crippen molar-refractivity contribution in [2.45, 2.75) is 11.4 Å². The van der Waals surface area contributed by atoms with Gasteiger partial charge < -0.3 is 5.73 Å². The Morgan fingerprint density at radius 3 is 2.43 bits per heavy atom. The van der Waals surface area contributed by atoms with Crippen molar-refractivity contribution in [2.24, 2.45) is 10.7 Å². The van der Waals surface area contributed by atoms with E-state index in [4.69, 9.17) is 17.3 Å². The molecular weight excluding hydrogens is 320 g/mol. The number of hydrogen-bond donors (Lipinski definition) is 1. The van der Waals surface area contributed by atoms with Crippen molar-refractivity contribution in [2.75, 3.05) is 11.5 Å². The Kier molecular flexibility index (Phi) is 7.00. The minimum absolute atomic E-state index is 0.643. The van der Waals surface area contributed by atoms with Crippen LogP contribution in [0.3, 0.4) is 0 Å². The lowest BCUT2D eigenvalue weighted by molar-refractivity contribution is 1.07. The van der Waals surface area contributed by atoms with E-state index in [1.807, 2.05) is 42.5 Å². The van der Waals surface area contributed by atoms with Crippen LogP contribution in [0.1, 0.15) is 5.56 Å². The maximum Gasteiger partial charge on any atom is 0.154 e. The predicted octanol–water partition coefficient (Wildman–Crippen LogP) is 4.68. The highest BCUT2D eigenvalue weighted by Crippen LogP contribution is 2.21. The van der Waals surface area contributed by atoms with E-state index in [1.165, 1.54) is 10.5 Å². The van der Waals surface area contributed by atoms with Gasteiger partial charge in [0, 0.05) is 21.4 Å². The SMILES string of the molecule is NC(=NCc1ccccc1)SCCSc1ccc(Cl)cc1. The zero-order valence-corrected chi connectivity index (χ0v) is 13.9. The van der Waals surface area contributed by atoms with E-state index in [9.17, 15) is 0 Å². The second kappa shape index (κ2) is 9.03. The number of aliphatic imine (C=N–C) groups is 1. The number of halogens is 1. The summed E-state index contributed by atoms with van der Waals surface area (Å²) in [5.41, 5.74) is 7.08. The zero-order valence-electron chi connectivity index (χ0n) is 11.5. The predicted molar refractivity (Wildman–Crippen MR) is 96.4 cm³/mol. The minimum Gasteiger partial charge on any atom is -0.379 e. The molecule has 0 bridgehead atoms. The maximum absolute atomic E-state index is 5.91. The van der Waals surface area contributed by atoms with Crippen molar-refractivity contribution >= 4 is 40.3 Å². The Morgan fingerprint density at radius 2 is 1.71 bits per heavy atom. The minimum atomic E-state index is 0.643. The summed E-state index contributed by atoms with van der Waals surface area (Å²) in [4.78, 5) is 5.60. The van der Waals surface area contributed by atoms with Gasteiger partial charge in [0.25, 0.3) is 0 Å². The molecule has 0 saturated carbocycles. The van der Waals surface area contributed by atoms with Gasteiger partial charge in [-0.05, 0) is 29.8 Å². The van der Waals surface area contributed by atoms with Crippen LogP contribution in [0.2, 0.25) is 5.02 Å². The topological polar surface area (TPSA) is 38.4 Å². The monoisotopic (exact) mass is 336 g/mol. The first kappa shape index (κ1) is 16.3. The molecule has 0 spiro atoms. The molecule has 0 amide bonds. The van der Waals surface area contributed by atoms with Gasteiger partial charge in [0.2, 0.25) is 0 Å². The van der Waals surface area contributed by atoms with E-state index in [0.717, 1.165) is 16.5 Å². The van der Waals surface area contributed by atoms with Crippen molar-refractivity contribution in [1.82, 2.24) is 0 Å². The quantitative estimate of drug-likeness (QED) is 0.360. The van der Waals surface area contributed by atoms with Gasteiger partial charge in [-0.15, -0.1) is 11.8 Å². The van der Waals surface area contributed by atoms with Gasteiger partial charge in [0.15, 0.2) is 5.17 Å². The molecule has 110 valence electrons. The Hall–Kier alpha value is -1.10.